The summed E-state index contributed by atoms with van der Waals surface area (Å²) in [5.74, 6) is 5.26. The number of hydrazine groups is 1. The second-order valence-corrected chi connectivity index (χ2v) is 2.56. The highest BCUT2D eigenvalue weighted by Gasteiger charge is 2.02. The summed E-state index contributed by atoms with van der Waals surface area (Å²) in [4.78, 5) is 0. The molecule has 0 saturated carbocycles. The van der Waals surface area contributed by atoms with Crippen LogP contribution in [0.4, 0.5) is 0 Å². The molecule has 0 unspecified atom stereocenters. The molecule has 2 rings (SSSR count). The van der Waals surface area contributed by atoms with E-state index in [9.17, 15) is 0 Å². The van der Waals surface area contributed by atoms with Crippen LogP contribution in [0.5, 0.6) is 0 Å². The summed E-state index contributed by atoms with van der Waals surface area (Å²) in [7, 11) is 0. The Bertz CT molecular complexity index is 450. The maximum Gasteiger partial charge on any atom is 0.139 e. The van der Waals surface area contributed by atoms with Gasteiger partial charge in [0, 0.05) is 5.56 Å². The topological polar surface area (TPSA) is 103 Å². The van der Waals surface area contributed by atoms with Crippen LogP contribution in [0.1, 0.15) is 5.56 Å². The molecule has 0 bridgehead atoms. The molecule has 0 saturated heterocycles. The fraction of sp³-hybridized carbons (Fsp3) is 0. The molecule has 14 heavy (non-hydrogen) atoms. The van der Waals surface area contributed by atoms with Gasteiger partial charge in [-0.1, -0.05) is 5.21 Å². The van der Waals surface area contributed by atoms with Gasteiger partial charge in [-0.3, -0.25) is 10.5 Å². The van der Waals surface area contributed by atoms with E-state index in [4.69, 9.17) is 11.3 Å². The van der Waals surface area contributed by atoms with Crippen LogP contribution in [-0.2, 0) is 0 Å². The molecule has 0 aliphatic heterocycles. The smallest absolute Gasteiger partial charge is 0.139 e. The van der Waals surface area contributed by atoms with E-state index in [0.29, 0.717) is 5.56 Å². The lowest BCUT2D eigenvalue weighted by atomic mass is 10.2. The van der Waals surface area contributed by atoms with E-state index in [1.165, 1.54) is 0 Å². The first-order valence-electron chi connectivity index (χ1n) is 3.67. The third-order valence-electron chi connectivity index (χ3n) is 1.76. The van der Waals surface area contributed by atoms with E-state index in [1.54, 1.807) is 18.2 Å². The number of nitrogens with zero attached hydrogens (tertiary/aromatic N) is 2. The number of amidine groups is 1. The summed E-state index contributed by atoms with van der Waals surface area (Å²) in [5.41, 5.74) is 4.51. The Morgan fingerprint density at radius 3 is 3.00 bits per heavy atom. The zero-order valence-corrected chi connectivity index (χ0v) is 7.93. The van der Waals surface area contributed by atoms with Crippen LogP contribution in [0.3, 0.4) is 0 Å². The first kappa shape index (κ1) is 10.4. The molecule has 1 heterocycles. The van der Waals surface area contributed by atoms with Crippen molar-refractivity contribution in [1.29, 1.82) is 5.41 Å². The molecule has 0 fully saturated rings. The molecule has 0 radical (unpaired) electrons. The lowest BCUT2D eigenvalue weighted by molar-refractivity contribution is 0.959. The largest absolute Gasteiger partial charge is 0.308 e. The van der Waals surface area contributed by atoms with Gasteiger partial charge in [0.15, 0.2) is 0 Å². The standard InChI is InChI=1S/C7H8N6.ClH/c8-7(10-9)4-1-2-5-6(3-4)12-13-11-5;/h1-3H,9H2,(H2,8,10)(H,11,12,13);1H. The van der Waals surface area contributed by atoms with Crippen LogP contribution in [-0.4, -0.2) is 21.2 Å². The highest BCUT2D eigenvalue weighted by molar-refractivity contribution is 5.98. The summed E-state index contributed by atoms with van der Waals surface area (Å²) in [5, 5.41) is 17.6. The van der Waals surface area contributed by atoms with Crippen molar-refractivity contribution in [3.8, 4) is 0 Å². The molecular formula is C7H9ClN6. The highest BCUT2D eigenvalue weighted by atomic mass is 35.5. The minimum absolute atomic E-state index is 0. The summed E-state index contributed by atoms with van der Waals surface area (Å²) >= 11 is 0. The zero-order valence-electron chi connectivity index (χ0n) is 7.11. The van der Waals surface area contributed by atoms with E-state index in [-0.39, 0.29) is 18.2 Å². The van der Waals surface area contributed by atoms with E-state index < -0.39 is 0 Å². The Hall–Kier alpha value is -1.66. The molecule has 1 aromatic heterocycles. The minimum atomic E-state index is 0. The number of benzene rings is 1. The predicted molar refractivity (Wildman–Crippen MR) is 55.3 cm³/mol. The van der Waals surface area contributed by atoms with Crippen LogP contribution in [0.25, 0.3) is 11.0 Å². The number of hydrogen-bond donors (Lipinski definition) is 4. The average molecular weight is 213 g/mol. The summed E-state index contributed by atoms with van der Waals surface area (Å²) in [6.07, 6.45) is 0. The number of fused-ring (bicyclic) bond motifs is 1. The molecule has 5 N–H and O–H groups in total. The zero-order chi connectivity index (χ0) is 9.26. The first-order chi connectivity index (χ1) is 6.31. The van der Waals surface area contributed by atoms with E-state index in [1.807, 2.05) is 0 Å². The normalized spacial score (nSPS) is 9.50. The molecule has 6 nitrogen and oxygen atoms in total. The number of nitrogens with one attached hydrogen (secondary N) is 3. The third kappa shape index (κ3) is 1.66. The maximum atomic E-state index is 7.41. The van der Waals surface area contributed by atoms with Crippen molar-refractivity contribution in [2.24, 2.45) is 5.84 Å². The van der Waals surface area contributed by atoms with Crippen LogP contribution in [0.2, 0.25) is 0 Å². The quantitative estimate of drug-likeness (QED) is 0.234. The third-order valence-corrected chi connectivity index (χ3v) is 1.76. The van der Waals surface area contributed by atoms with Gasteiger partial charge in [-0.15, -0.1) is 17.5 Å². The van der Waals surface area contributed by atoms with Crippen molar-refractivity contribution in [3.63, 3.8) is 0 Å². The van der Waals surface area contributed by atoms with Gasteiger partial charge in [-0.25, -0.2) is 5.84 Å². The summed E-state index contributed by atoms with van der Waals surface area (Å²) < 4.78 is 0. The van der Waals surface area contributed by atoms with Crippen molar-refractivity contribution in [2.45, 2.75) is 0 Å². The van der Waals surface area contributed by atoms with Crippen molar-refractivity contribution >= 4 is 29.3 Å². The van der Waals surface area contributed by atoms with Crippen LogP contribution < -0.4 is 11.3 Å². The van der Waals surface area contributed by atoms with E-state index in [0.717, 1.165) is 11.0 Å². The highest BCUT2D eigenvalue weighted by Crippen LogP contribution is 2.09. The first-order valence-corrected chi connectivity index (χ1v) is 3.67. The van der Waals surface area contributed by atoms with Gasteiger partial charge in [0.2, 0.25) is 0 Å². The van der Waals surface area contributed by atoms with Gasteiger partial charge in [0.1, 0.15) is 11.4 Å². The molecule has 0 amide bonds. The Kier molecular flexibility index (Phi) is 3.00. The maximum absolute atomic E-state index is 7.41. The molecular weight excluding hydrogens is 204 g/mol. The molecule has 7 heteroatoms. The van der Waals surface area contributed by atoms with E-state index >= 15 is 0 Å². The Morgan fingerprint density at radius 2 is 2.29 bits per heavy atom. The van der Waals surface area contributed by atoms with Crippen molar-refractivity contribution in [1.82, 2.24) is 20.8 Å². The SMILES string of the molecule is Cl.N=C(NN)c1ccc2[nH]nnc2c1. The number of H-pyrrole nitrogens is 1. The fourth-order valence-electron chi connectivity index (χ4n) is 1.08. The van der Waals surface area contributed by atoms with Crippen molar-refractivity contribution in [2.75, 3.05) is 0 Å². The summed E-state index contributed by atoms with van der Waals surface area (Å²) in [6, 6.07) is 5.31. The van der Waals surface area contributed by atoms with Crippen LogP contribution in [0, 0.1) is 5.41 Å². The van der Waals surface area contributed by atoms with E-state index in [2.05, 4.69) is 20.8 Å². The molecule has 0 aliphatic carbocycles. The number of hydrogen-bond acceptors (Lipinski definition) is 4. The van der Waals surface area contributed by atoms with Crippen molar-refractivity contribution in [3.05, 3.63) is 23.8 Å². The van der Waals surface area contributed by atoms with Crippen molar-refractivity contribution < 1.29 is 0 Å². The lowest BCUT2D eigenvalue weighted by Crippen LogP contribution is -2.29. The molecule has 0 spiro atoms. The Labute approximate surface area is 85.8 Å². The Morgan fingerprint density at radius 1 is 1.50 bits per heavy atom. The molecule has 1 aromatic carbocycles. The summed E-state index contributed by atoms with van der Waals surface area (Å²) in [6.45, 7) is 0. The number of nitrogens with two attached hydrogens (primary N) is 1. The van der Waals surface area contributed by atoms with Gasteiger partial charge in [0.25, 0.3) is 0 Å². The monoisotopic (exact) mass is 212 g/mol. The molecule has 0 aliphatic rings. The fourth-order valence-corrected chi connectivity index (χ4v) is 1.08. The van der Waals surface area contributed by atoms with Gasteiger partial charge in [-0.05, 0) is 18.2 Å². The second-order valence-electron chi connectivity index (χ2n) is 2.56. The molecule has 2 aromatic rings. The second kappa shape index (κ2) is 4.03. The van der Waals surface area contributed by atoms with Crippen LogP contribution in [0.15, 0.2) is 18.2 Å². The minimum Gasteiger partial charge on any atom is -0.308 e. The van der Waals surface area contributed by atoms with Gasteiger partial charge in [0.05, 0.1) is 5.52 Å². The lowest BCUT2D eigenvalue weighted by Gasteiger charge is -2.00. The van der Waals surface area contributed by atoms with Gasteiger partial charge in [-0.2, -0.15) is 0 Å². The average Bonchev–Trinajstić information content (AvgIpc) is 2.63. The number of rotatable bonds is 1. The molecule has 0 atom stereocenters. The number of aromatic nitrogens is 3. The van der Waals surface area contributed by atoms with Gasteiger partial charge >= 0.3 is 0 Å². The van der Waals surface area contributed by atoms with Crippen LogP contribution >= 0.6 is 12.4 Å². The number of aromatic amines is 1. The number of halogens is 1. The Balaban J connectivity index is 0.000000980. The van der Waals surface area contributed by atoms with Gasteiger partial charge < -0.3 is 5.43 Å². The molecule has 74 valence electrons. The predicted octanol–water partition coefficient (Wildman–Crippen LogP) is 0.168.